The number of nitrogens with zero attached hydrogens (tertiary/aromatic N) is 2. The summed E-state index contributed by atoms with van der Waals surface area (Å²) < 4.78 is 0. The summed E-state index contributed by atoms with van der Waals surface area (Å²) in [6.07, 6.45) is 7.35. The quantitative estimate of drug-likeness (QED) is 0.661. The Morgan fingerprint density at radius 3 is 3.08 bits per heavy atom. The number of piperidine rings is 1. The molecule has 0 aromatic carbocycles. The topological polar surface area (TPSA) is 42.1 Å². The molecule has 3 heteroatoms. The van der Waals surface area contributed by atoms with Crippen LogP contribution in [0.2, 0.25) is 0 Å². The third-order valence-corrected chi connectivity index (χ3v) is 2.61. The molecule has 1 saturated heterocycles. The van der Waals surface area contributed by atoms with Gasteiger partial charge >= 0.3 is 0 Å². The van der Waals surface area contributed by atoms with E-state index in [1.165, 1.54) is 18.4 Å². The first-order chi connectivity index (χ1) is 6.38. The predicted octanol–water partition coefficient (Wildman–Crippen LogP) is 1.48. The maximum atomic E-state index is 5.92. The molecule has 2 heterocycles. The fourth-order valence-electron chi connectivity index (χ4n) is 1.88. The van der Waals surface area contributed by atoms with E-state index in [0.717, 1.165) is 13.0 Å². The molecular weight excluding hydrogens is 162 g/mol. The molecule has 2 N–H and O–H groups in total. The van der Waals surface area contributed by atoms with Crippen molar-refractivity contribution < 1.29 is 0 Å². The summed E-state index contributed by atoms with van der Waals surface area (Å²) in [5.74, 6) is 5.92. The molecule has 0 unspecified atom stereocenters. The van der Waals surface area contributed by atoms with Gasteiger partial charge in [-0.3, -0.25) is 10.8 Å². The van der Waals surface area contributed by atoms with Gasteiger partial charge in [-0.1, -0.05) is 12.5 Å². The highest BCUT2D eigenvalue weighted by atomic mass is 15.4. The van der Waals surface area contributed by atoms with Crippen molar-refractivity contribution in [3.8, 4) is 0 Å². The van der Waals surface area contributed by atoms with Gasteiger partial charge < -0.3 is 0 Å². The minimum absolute atomic E-state index is 0.377. The van der Waals surface area contributed by atoms with Crippen molar-refractivity contribution >= 4 is 0 Å². The van der Waals surface area contributed by atoms with Crippen LogP contribution in [-0.2, 0) is 0 Å². The molecule has 1 aromatic heterocycles. The Labute approximate surface area is 78.5 Å². The molecule has 1 aliphatic rings. The van der Waals surface area contributed by atoms with Gasteiger partial charge in [0.2, 0.25) is 0 Å². The summed E-state index contributed by atoms with van der Waals surface area (Å²) in [6, 6.07) is 4.45. The Bertz CT molecular complexity index is 260. The zero-order valence-electron chi connectivity index (χ0n) is 7.69. The van der Waals surface area contributed by atoms with Crippen molar-refractivity contribution in [1.82, 2.24) is 9.99 Å². The second-order valence-electron chi connectivity index (χ2n) is 3.54. The van der Waals surface area contributed by atoms with Crippen LogP contribution in [0, 0.1) is 0 Å². The zero-order chi connectivity index (χ0) is 9.10. The lowest BCUT2D eigenvalue weighted by atomic mass is 9.98. The molecule has 0 radical (unpaired) electrons. The van der Waals surface area contributed by atoms with Gasteiger partial charge in [-0.25, -0.2) is 5.01 Å². The Kier molecular flexibility index (Phi) is 2.57. The standard InChI is InChI=1S/C10H15N3/c11-13-7-2-1-5-10(13)9-4-3-6-12-8-9/h3-4,6,8,10H,1-2,5,7,11H2/t10-/m1/s1. The van der Waals surface area contributed by atoms with Crippen LogP contribution in [0.5, 0.6) is 0 Å². The third-order valence-electron chi connectivity index (χ3n) is 2.61. The SMILES string of the molecule is NN1CCCC[C@@H]1c1cccnc1. The monoisotopic (exact) mass is 177 g/mol. The smallest absolute Gasteiger partial charge is 0.0505 e. The van der Waals surface area contributed by atoms with Crippen LogP contribution in [0.1, 0.15) is 30.9 Å². The van der Waals surface area contributed by atoms with Crippen LogP contribution in [0.25, 0.3) is 0 Å². The molecule has 0 aliphatic carbocycles. The molecule has 13 heavy (non-hydrogen) atoms. The molecule has 2 rings (SSSR count). The second-order valence-corrected chi connectivity index (χ2v) is 3.54. The summed E-state index contributed by atoms with van der Waals surface area (Å²) in [7, 11) is 0. The number of nitrogens with two attached hydrogens (primary N) is 1. The molecule has 0 spiro atoms. The lowest BCUT2D eigenvalue weighted by Crippen LogP contribution is -2.38. The molecule has 1 fully saturated rings. The number of hydrazine groups is 1. The van der Waals surface area contributed by atoms with Gasteiger partial charge in [0.1, 0.15) is 0 Å². The maximum absolute atomic E-state index is 5.92. The van der Waals surface area contributed by atoms with Crippen molar-refractivity contribution in [3.05, 3.63) is 30.1 Å². The van der Waals surface area contributed by atoms with E-state index in [-0.39, 0.29) is 0 Å². The Balaban J connectivity index is 2.15. The highest BCUT2D eigenvalue weighted by Gasteiger charge is 2.20. The van der Waals surface area contributed by atoms with Crippen molar-refractivity contribution in [1.29, 1.82) is 0 Å². The molecule has 0 amide bonds. The summed E-state index contributed by atoms with van der Waals surface area (Å²) in [6.45, 7) is 1.000. The molecule has 3 nitrogen and oxygen atoms in total. The molecule has 1 aromatic rings. The number of rotatable bonds is 1. The van der Waals surface area contributed by atoms with Crippen LogP contribution >= 0.6 is 0 Å². The van der Waals surface area contributed by atoms with Crippen molar-refractivity contribution in [2.45, 2.75) is 25.3 Å². The fraction of sp³-hybridized carbons (Fsp3) is 0.500. The number of hydrogen-bond donors (Lipinski definition) is 1. The highest BCUT2D eigenvalue weighted by Crippen LogP contribution is 2.27. The van der Waals surface area contributed by atoms with E-state index in [1.54, 1.807) is 6.20 Å². The van der Waals surface area contributed by atoms with Gasteiger partial charge in [-0.15, -0.1) is 0 Å². The Morgan fingerprint density at radius 1 is 1.46 bits per heavy atom. The first-order valence-electron chi connectivity index (χ1n) is 4.79. The highest BCUT2D eigenvalue weighted by molar-refractivity contribution is 5.14. The maximum Gasteiger partial charge on any atom is 0.0505 e. The van der Waals surface area contributed by atoms with Gasteiger partial charge in [0, 0.05) is 18.9 Å². The van der Waals surface area contributed by atoms with Crippen LogP contribution < -0.4 is 5.84 Å². The summed E-state index contributed by atoms with van der Waals surface area (Å²) in [5.41, 5.74) is 1.24. The molecule has 0 saturated carbocycles. The van der Waals surface area contributed by atoms with Gasteiger partial charge in [0.15, 0.2) is 0 Å². The minimum Gasteiger partial charge on any atom is -0.268 e. The average molecular weight is 177 g/mol. The molecular formula is C10H15N3. The average Bonchev–Trinajstić information content (AvgIpc) is 2.20. The first kappa shape index (κ1) is 8.66. The predicted molar refractivity (Wildman–Crippen MR) is 51.7 cm³/mol. The summed E-state index contributed by atoms with van der Waals surface area (Å²) in [4.78, 5) is 4.11. The zero-order valence-corrected chi connectivity index (χ0v) is 7.69. The van der Waals surface area contributed by atoms with E-state index in [4.69, 9.17) is 5.84 Å². The summed E-state index contributed by atoms with van der Waals surface area (Å²) in [5, 5.41) is 1.93. The van der Waals surface area contributed by atoms with Gasteiger partial charge in [-0.2, -0.15) is 0 Å². The summed E-state index contributed by atoms with van der Waals surface area (Å²) >= 11 is 0. The van der Waals surface area contributed by atoms with E-state index in [9.17, 15) is 0 Å². The van der Waals surface area contributed by atoms with Crippen LogP contribution in [-0.4, -0.2) is 16.5 Å². The number of aromatic nitrogens is 1. The van der Waals surface area contributed by atoms with E-state index >= 15 is 0 Å². The third kappa shape index (κ3) is 1.87. The molecule has 0 bridgehead atoms. The Hall–Kier alpha value is -0.930. The van der Waals surface area contributed by atoms with Crippen molar-refractivity contribution in [2.75, 3.05) is 6.54 Å². The first-order valence-corrected chi connectivity index (χ1v) is 4.79. The Morgan fingerprint density at radius 2 is 2.38 bits per heavy atom. The van der Waals surface area contributed by atoms with Crippen LogP contribution in [0.4, 0.5) is 0 Å². The number of pyridine rings is 1. The molecule has 1 aliphatic heterocycles. The van der Waals surface area contributed by atoms with Crippen molar-refractivity contribution in [3.63, 3.8) is 0 Å². The second kappa shape index (κ2) is 3.85. The van der Waals surface area contributed by atoms with E-state index in [1.807, 2.05) is 17.3 Å². The lowest BCUT2D eigenvalue weighted by molar-refractivity contribution is 0.151. The van der Waals surface area contributed by atoms with E-state index in [0.29, 0.717) is 6.04 Å². The number of hydrogen-bond acceptors (Lipinski definition) is 3. The lowest BCUT2D eigenvalue weighted by Gasteiger charge is -2.31. The molecule has 70 valence electrons. The van der Waals surface area contributed by atoms with Crippen LogP contribution in [0.15, 0.2) is 24.5 Å². The fourth-order valence-corrected chi connectivity index (χ4v) is 1.88. The molecule has 1 atom stereocenters. The van der Waals surface area contributed by atoms with Crippen molar-refractivity contribution in [2.24, 2.45) is 5.84 Å². The normalized spacial score (nSPS) is 24.5. The van der Waals surface area contributed by atoms with Gasteiger partial charge in [-0.05, 0) is 24.5 Å². The minimum atomic E-state index is 0.377. The largest absolute Gasteiger partial charge is 0.268 e. The van der Waals surface area contributed by atoms with Gasteiger partial charge in [0.25, 0.3) is 0 Å². The van der Waals surface area contributed by atoms with E-state index < -0.39 is 0 Å². The van der Waals surface area contributed by atoms with E-state index in [2.05, 4.69) is 11.1 Å². The van der Waals surface area contributed by atoms with Crippen LogP contribution in [0.3, 0.4) is 0 Å². The van der Waals surface area contributed by atoms with Gasteiger partial charge in [0.05, 0.1) is 6.04 Å².